The van der Waals surface area contributed by atoms with Gasteiger partial charge in [-0.2, -0.15) is 0 Å². The van der Waals surface area contributed by atoms with E-state index >= 15 is 0 Å². The summed E-state index contributed by atoms with van der Waals surface area (Å²) in [6.45, 7) is 4.52. The molecular weight excluding hydrogens is 204 g/mol. The van der Waals surface area contributed by atoms with Gasteiger partial charge in [0.1, 0.15) is 12.0 Å². The van der Waals surface area contributed by atoms with Crippen molar-refractivity contribution in [2.24, 2.45) is 0 Å². The van der Waals surface area contributed by atoms with E-state index in [2.05, 4.69) is 9.88 Å². The Hall–Kier alpha value is -1.13. The molecule has 0 radical (unpaired) electrons. The van der Waals surface area contributed by atoms with Gasteiger partial charge in [0.2, 0.25) is 0 Å². The monoisotopic (exact) mass is 220 g/mol. The summed E-state index contributed by atoms with van der Waals surface area (Å²) in [5, 5.41) is 10.1. The van der Waals surface area contributed by atoms with Gasteiger partial charge in [0.15, 0.2) is 0 Å². The lowest BCUT2D eigenvalue weighted by molar-refractivity contribution is -0.0415. The van der Waals surface area contributed by atoms with Crippen molar-refractivity contribution in [3.8, 4) is 5.75 Å². The maximum atomic E-state index is 10.1. The van der Waals surface area contributed by atoms with E-state index in [1.807, 2.05) is 13.1 Å². The largest absolute Gasteiger partial charge is 0.506 e. The number of likely N-dealkylation sites (tertiary alicyclic amines) is 1. The Morgan fingerprint density at radius 3 is 2.94 bits per heavy atom. The lowest BCUT2D eigenvalue weighted by atomic mass is 10.1. The van der Waals surface area contributed by atoms with Crippen LogP contribution in [0.3, 0.4) is 0 Å². The fraction of sp³-hybridized carbons (Fsp3) is 0.583. The first kappa shape index (κ1) is 10.1. The Morgan fingerprint density at radius 2 is 2.19 bits per heavy atom. The predicted molar refractivity (Wildman–Crippen MR) is 59.0 cm³/mol. The predicted octanol–water partition coefficient (Wildman–Crippen LogP) is 1.72. The van der Waals surface area contributed by atoms with Gasteiger partial charge in [-0.05, 0) is 19.8 Å². The first-order valence-electron chi connectivity index (χ1n) is 5.80. The van der Waals surface area contributed by atoms with E-state index < -0.39 is 0 Å². The molecule has 4 heteroatoms. The molecule has 86 valence electrons. The normalized spacial score (nSPS) is 24.9. The van der Waals surface area contributed by atoms with Crippen LogP contribution in [0.25, 0.3) is 0 Å². The van der Waals surface area contributed by atoms with Gasteiger partial charge in [-0.1, -0.05) is 0 Å². The number of aromatic hydroxyl groups is 1. The number of hydrogen-bond acceptors (Lipinski definition) is 4. The van der Waals surface area contributed by atoms with Crippen LogP contribution in [0.5, 0.6) is 5.75 Å². The van der Waals surface area contributed by atoms with Crippen LogP contribution >= 0.6 is 0 Å². The molecule has 0 spiro atoms. The molecule has 3 heterocycles. The molecule has 1 N–H and O–H groups in total. The van der Waals surface area contributed by atoms with Crippen LogP contribution in [0.2, 0.25) is 0 Å². The molecule has 1 saturated heterocycles. The lowest BCUT2D eigenvalue weighted by Gasteiger charge is -2.23. The molecule has 2 aliphatic rings. The van der Waals surface area contributed by atoms with Crippen molar-refractivity contribution in [3.05, 3.63) is 23.0 Å². The molecule has 1 fully saturated rings. The molecule has 0 aromatic carbocycles. The summed E-state index contributed by atoms with van der Waals surface area (Å²) in [7, 11) is 0. The zero-order valence-electron chi connectivity index (χ0n) is 9.44. The van der Waals surface area contributed by atoms with Crippen molar-refractivity contribution in [3.63, 3.8) is 0 Å². The van der Waals surface area contributed by atoms with Crippen LogP contribution < -0.4 is 0 Å². The van der Waals surface area contributed by atoms with Gasteiger partial charge in [0.25, 0.3) is 0 Å². The molecule has 3 rings (SSSR count). The second kappa shape index (κ2) is 3.71. The van der Waals surface area contributed by atoms with Gasteiger partial charge in [0.05, 0.1) is 12.3 Å². The maximum Gasteiger partial charge on any atom is 0.144 e. The lowest BCUT2D eigenvalue weighted by Crippen LogP contribution is -2.25. The van der Waals surface area contributed by atoms with Crippen LogP contribution in [0.4, 0.5) is 0 Å². The number of ether oxygens (including phenoxy) is 1. The molecule has 1 atom stereocenters. The van der Waals surface area contributed by atoms with E-state index in [0.717, 1.165) is 24.2 Å². The zero-order chi connectivity index (χ0) is 11.1. The van der Waals surface area contributed by atoms with E-state index in [4.69, 9.17) is 4.74 Å². The van der Waals surface area contributed by atoms with Crippen molar-refractivity contribution in [1.29, 1.82) is 0 Å². The summed E-state index contributed by atoms with van der Waals surface area (Å²) in [4.78, 5) is 6.46. The summed E-state index contributed by atoms with van der Waals surface area (Å²) in [5.74, 6) is 0.312. The smallest absolute Gasteiger partial charge is 0.144 e. The number of aryl methyl sites for hydroxylation is 1. The standard InChI is InChI=1S/C12H16N2O2/c1-8-11(15)10-9(6-13-8)7-16-12(10)14-4-2-3-5-14/h6,12,15H,2-5,7H2,1H3. The van der Waals surface area contributed by atoms with Crippen LogP contribution in [0, 0.1) is 6.92 Å². The van der Waals surface area contributed by atoms with Gasteiger partial charge in [-0.3, -0.25) is 9.88 Å². The van der Waals surface area contributed by atoms with Gasteiger partial charge in [0, 0.05) is 30.4 Å². The molecule has 0 amide bonds. The van der Waals surface area contributed by atoms with E-state index in [1.54, 1.807) is 0 Å². The summed E-state index contributed by atoms with van der Waals surface area (Å²) in [6.07, 6.45) is 4.21. The summed E-state index contributed by atoms with van der Waals surface area (Å²) in [6, 6.07) is 0. The number of fused-ring (bicyclic) bond motifs is 1. The van der Waals surface area contributed by atoms with Crippen molar-refractivity contribution in [1.82, 2.24) is 9.88 Å². The molecule has 16 heavy (non-hydrogen) atoms. The summed E-state index contributed by atoms with van der Waals surface area (Å²) in [5.41, 5.74) is 2.66. The minimum Gasteiger partial charge on any atom is -0.506 e. The van der Waals surface area contributed by atoms with Gasteiger partial charge in [-0.25, -0.2) is 0 Å². The highest BCUT2D eigenvalue weighted by Crippen LogP contribution is 2.40. The Balaban J connectivity index is 2.00. The number of aromatic nitrogens is 1. The minimum absolute atomic E-state index is 0.0563. The van der Waals surface area contributed by atoms with Crippen LogP contribution in [0.15, 0.2) is 6.20 Å². The maximum absolute atomic E-state index is 10.1. The number of nitrogens with zero attached hydrogens (tertiary/aromatic N) is 2. The third kappa shape index (κ3) is 1.41. The molecular formula is C12H16N2O2. The van der Waals surface area contributed by atoms with Crippen LogP contribution in [0.1, 0.15) is 35.9 Å². The van der Waals surface area contributed by atoms with E-state index in [1.165, 1.54) is 12.8 Å². The van der Waals surface area contributed by atoms with E-state index in [9.17, 15) is 5.11 Å². The molecule has 4 nitrogen and oxygen atoms in total. The van der Waals surface area contributed by atoms with E-state index in [-0.39, 0.29) is 6.23 Å². The Labute approximate surface area is 94.9 Å². The third-order valence-electron chi connectivity index (χ3n) is 3.47. The molecule has 1 unspecified atom stereocenters. The number of hydrogen-bond donors (Lipinski definition) is 1. The molecule has 0 saturated carbocycles. The Bertz CT molecular complexity index is 414. The highest BCUT2D eigenvalue weighted by atomic mass is 16.5. The van der Waals surface area contributed by atoms with Crippen LogP contribution in [-0.2, 0) is 11.3 Å². The van der Waals surface area contributed by atoms with Gasteiger partial charge in [-0.15, -0.1) is 0 Å². The van der Waals surface area contributed by atoms with Crippen molar-refractivity contribution in [2.75, 3.05) is 13.1 Å². The molecule has 2 aliphatic heterocycles. The van der Waals surface area contributed by atoms with E-state index in [0.29, 0.717) is 18.1 Å². The molecule has 0 bridgehead atoms. The fourth-order valence-electron chi connectivity index (χ4n) is 2.56. The summed E-state index contributed by atoms with van der Waals surface area (Å²) >= 11 is 0. The molecule has 0 aliphatic carbocycles. The minimum atomic E-state index is -0.0563. The number of rotatable bonds is 1. The highest BCUT2D eigenvalue weighted by molar-refractivity contribution is 5.43. The van der Waals surface area contributed by atoms with Gasteiger partial charge >= 0.3 is 0 Å². The van der Waals surface area contributed by atoms with Crippen molar-refractivity contribution in [2.45, 2.75) is 32.6 Å². The second-order valence-corrected chi connectivity index (χ2v) is 4.54. The summed E-state index contributed by atoms with van der Waals surface area (Å²) < 4.78 is 5.77. The number of pyridine rings is 1. The Kier molecular flexibility index (Phi) is 2.33. The average Bonchev–Trinajstić information content (AvgIpc) is 2.91. The fourth-order valence-corrected chi connectivity index (χ4v) is 2.56. The SMILES string of the molecule is Cc1ncc2c(c1O)C(N1CCCC1)OC2. The third-order valence-corrected chi connectivity index (χ3v) is 3.47. The van der Waals surface area contributed by atoms with Crippen molar-refractivity contribution >= 4 is 0 Å². The quantitative estimate of drug-likeness (QED) is 0.782. The first-order valence-corrected chi connectivity index (χ1v) is 5.80. The average molecular weight is 220 g/mol. The second-order valence-electron chi connectivity index (χ2n) is 4.54. The topological polar surface area (TPSA) is 45.6 Å². The first-order chi connectivity index (χ1) is 7.77. The highest BCUT2D eigenvalue weighted by Gasteiger charge is 2.33. The Morgan fingerprint density at radius 1 is 1.44 bits per heavy atom. The molecule has 1 aromatic rings. The van der Waals surface area contributed by atoms with Crippen molar-refractivity contribution < 1.29 is 9.84 Å². The van der Waals surface area contributed by atoms with Gasteiger partial charge < -0.3 is 9.84 Å². The van der Waals surface area contributed by atoms with Crippen LogP contribution in [-0.4, -0.2) is 28.1 Å². The zero-order valence-corrected chi connectivity index (χ0v) is 9.44. The molecule has 1 aromatic heterocycles.